The average molecular weight is 181 g/mol. The quantitative estimate of drug-likeness (QED) is 0.523. The molecule has 0 bridgehead atoms. The van der Waals surface area contributed by atoms with Gasteiger partial charge >= 0.3 is 0 Å². The van der Waals surface area contributed by atoms with Gasteiger partial charge in [0.15, 0.2) is 0 Å². The zero-order valence-electron chi connectivity index (χ0n) is 7.54. The molecule has 0 spiro atoms. The van der Waals surface area contributed by atoms with Crippen molar-refractivity contribution >= 4 is 5.69 Å². The van der Waals surface area contributed by atoms with Gasteiger partial charge in [-0.1, -0.05) is 18.2 Å². The minimum atomic E-state index is 0.873. The molecule has 0 saturated carbocycles. The Balaban J connectivity index is 0.000000671. The summed E-state index contributed by atoms with van der Waals surface area (Å²) in [5.74, 6) is 0. The fourth-order valence-electron chi connectivity index (χ4n) is 0.835. The smallest absolute Gasteiger partial charge is 0.0947 e. The number of anilines is 1. The molecule has 0 aliphatic carbocycles. The van der Waals surface area contributed by atoms with Gasteiger partial charge in [-0.2, -0.15) is 0 Å². The van der Waals surface area contributed by atoms with E-state index in [-0.39, 0.29) is 0 Å². The largest absolute Gasteiger partial charge is 0.252 e. The second kappa shape index (κ2) is 7.03. The number of benzene rings is 1. The van der Waals surface area contributed by atoms with Gasteiger partial charge in [-0.3, -0.25) is 9.68 Å². The lowest BCUT2D eigenvalue weighted by atomic mass is 10.3. The Morgan fingerprint density at radius 2 is 1.46 bits per heavy atom. The summed E-state index contributed by atoms with van der Waals surface area (Å²) in [6, 6.07) is 9.56. The van der Waals surface area contributed by atoms with E-state index in [4.69, 9.17) is 20.5 Å². The summed E-state index contributed by atoms with van der Waals surface area (Å²) < 4.78 is 0. The lowest BCUT2D eigenvalue weighted by molar-refractivity contribution is -0.0433. The molecule has 5 heteroatoms. The molecule has 5 nitrogen and oxygen atoms in total. The number of rotatable bonds is 3. The Kier molecular flexibility index (Phi) is 6.15. The first kappa shape index (κ1) is 11.4. The van der Waals surface area contributed by atoms with Gasteiger partial charge in [0, 0.05) is 10.8 Å². The van der Waals surface area contributed by atoms with Gasteiger partial charge in [0.1, 0.15) is 0 Å². The minimum absolute atomic E-state index is 0.873. The van der Waals surface area contributed by atoms with Gasteiger partial charge in [0.2, 0.25) is 0 Å². The number of hydrogen-bond donors (Lipinski definition) is 0. The second-order valence-electron chi connectivity index (χ2n) is 1.96. The fourth-order valence-corrected chi connectivity index (χ4v) is 0.835. The molecule has 0 amide bonds. The first-order valence-electron chi connectivity index (χ1n) is 3.52. The lowest BCUT2D eigenvalue weighted by Gasteiger charge is -2.17. The molecule has 0 aromatic heterocycles. The van der Waals surface area contributed by atoms with E-state index in [1.54, 1.807) is 14.2 Å². The molecule has 0 atom stereocenters. The van der Waals surface area contributed by atoms with Crippen molar-refractivity contribution in [3.05, 3.63) is 30.3 Å². The summed E-state index contributed by atoms with van der Waals surface area (Å²) in [5.41, 5.74) is 0.873. The molecule has 0 radical (unpaired) electrons. The van der Waals surface area contributed by atoms with Crippen LogP contribution in [0.1, 0.15) is 0 Å². The molecule has 0 N–H and O–H groups in total. The Morgan fingerprint density at radius 1 is 1.00 bits per heavy atom. The summed E-state index contributed by atoms with van der Waals surface area (Å²) >= 11 is 0. The van der Waals surface area contributed by atoms with Crippen LogP contribution in [-0.2, 0) is 9.68 Å². The zero-order valence-corrected chi connectivity index (χ0v) is 7.54. The van der Waals surface area contributed by atoms with Crippen molar-refractivity contribution in [3.63, 3.8) is 0 Å². The molecule has 0 fully saturated rings. The highest BCUT2D eigenvalue weighted by Crippen LogP contribution is 2.11. The molecule has 1 rings (SSSR count). The third-order valence-electron chi connectivity index (χ3n) is 1.30. The van der Waals surface area contributed by atoms with Crippen molar-refractivity contribution in [3.8, 4) is 0 Å². The van der Waals surface area contributed by atoms with Gasteiger partial charge in [-0.05, 0) is 12.1 Å². The van der Waals surface area contributed by atoms with Crippen LogP contribution in [0.5, 0.6) is 0 Å². The number of para-hydroxylation sites is 1. The third kappa shape index (κ3) is 3.51. The average Bonchev–Trinajstić information content (AvgIpc) is 2.24. The van der Waals surface area contributed by atoms with Crippen LogP contribution in [0.15, 0.2) is 30.3 Å². The molecule has 0 heterocycles. The molecule has 0 aliphatic rings. The first-order chi connectivity index (χ1) is 6.38. The second-order valence-corrected chi connectivity index (χ2v) is 1.96. The maximum absolute atomic E-state index is 6.00. The van der Waals surface area contributed by atoms with Gasteiger partial charge < -0.3 is 0 Å². The van der Waals surface area contributed by atoms with Crippen molar-refractivity contribution in [1.82, 2.24) is 0 Å². The van der Waals surface area contributed by atoms with E-state index in [1.807, 2.05) is 30.3 Å². The highest BCUT2D eigenvalue weighted by molar-refractivity contribution is 5.40. The monoisotopic (exact) mass is 181 g/mol. The predicted octanol–water partition coefficient (Wildman–Crippen LogP) is 1.65. The topological polar surface area (TPSA) is 69.3 Å². The van der Waals surface area contributed by atoms with Crippen LogP contribution >= 0.6 is 0 Å². The van der Waals surface area contributed by atoms with E-state index in [0.717, 1.165) is 5.69 Å². The standard InChI is InChI=1S/C8H11NO2.N2/c1-10-9(11-2)8-6-4-3-5-7-8;1-2/h3-7H,1-2H3;. The lowest BCUT2D eigenvalue weighted by Crippen LogP contribution is -2.19. The van der Waals surface area contributed by atoms with Crippen LogP contribution in [0.4, 0.5) is 5.69 Å². The maximum atomic E-state index is 6.00. The minimum Gasteiger partial charge on any atom is -0.252 e. The van der Waals surface area contributed by atoms with Crippen LogP contribution in [0.2, 0.25) is 0 Å². The highest BCUT2D eigenvalue weighted by Gasteiger charge is 2.00. The normalized spacial score (nSPS) is 8.31. The molecular formula is C8H11N3O2. The Morgan fingerprint density at radius 3 is 1.85 bits per heavy atom. The van der Waals surface area contributed by atoms with Crippen molar-refractivity contribution in [2.45, 2.75) is 0 Å². The van der Waals surface area contributed by atoms with Gasteiger partial charge in [-0.15, -0.1) is 5.23 Å². The van der Waals surface area contributed by atoms with Crippen molar-refractivity contribution < 1.29 is 9.68 Å². The SMILES string of the molecule is CON(OC)c1ccccc1.N#N. The summed E-state index contributed by atoms with van der Waals surface area (Å²) in [7, 11) is 3.10. The summed E-state index contributed by atoms with van der Waals surface area (Å²) in [4.78, 5) is 9.79. The molecule has 1 aromatic rings. The van der Waals surface area contributed by atoms with Crippen molar-refractivity contribution in [2.24, 2.45) is 0 Å². The van der Waals surface area contributed by atoms with E-state index < -0.39 is 0 Å². The molecule has 70 valence electrons. The van der Waals surface area contributed by atoms with Crippen LogP contribution in [-0.4, -0.2) is 14.2 Å². The molecule has 0 aliphatic heterocycles. The number of hydrogen-bond acceptors (Lipinski definition) is 5. The van der Waals surface area contributed by atoms with E-state index in [1.165, 1.54) is 5.23 Å². The van der Waals surface area contributed by atoms with Crippen LogP contribution in [0.3, 0.4) is 0 Å². The summed E-state index contributed by atoms with van der Waals surface area (Å²) in [6.07, 6.45) is 0. The van der Waals surface area contributed by atoms with Gasteiger partial charge in [-0.25, -0.2) is 0 Å². The van der Waals surface area contributed by atoms with Crippen LogP contribution in [0, 0.1) is 10.8 Å². The van der Waals surface area contributed by atoms with E-state index in [9.17, 15) is 0 Å². The van der Waals surface area contributed by atoms with Crippen LogP contribution in [0.25, 0.3) is 0 Å². The molecule has 0 saturated heterocycles. The first-order valence-corrected chi connectivity index (χ1v) is 3.52. The maximum Gasteiger partial charge on any atom is 0.0947 e. The molecule has 1 aromatic carbocycles. The molecule has 13 heavy (non-hydrogen) atoms. The van der Waals surface area contributed by atoms with E-state index in [2.05, 4.69) is 0 Å². The Bertz CT molecular complexity index is 234. The zero-order chi connectivity index (χ0) is 10.1. The Hall–Kier alpha value is -1.64. The van der Waals surface area contributed by atoms with Crippen molar-refractivity contribution in [2.75, 3.05) is 19.4 Å². The summed E-state index contributed by atoms with van der Waals surface area (Å²) in [5, 5.41) is 13.3. The van der Waals surface area contributed by atoms with Crippen LogP contribution < -0.4 is 5.23 Å². The van der Waals surface area contributed by atoms with Gasteiger partial charge in [0.25, 0.3) is 0 Å². The number of nitrogens with zero attached hydrogens (tertiary/aromatic N) is 3. The molecular weight excluding hydrogens is 170 g/mol. The predicted molar refractivity (Wildman–Crippen MR) is 46.4 cm³/mol. The van der Waals surface area contributed by atoms with E-state index in [0.29, 0.717) is 0 Å². The van der Waals surface area contributed by atoms with E-state index >= 15 is 0 Å². The van der Waals surface area contributed by atoms with Crippen molar-refractivity contribution in [1.29, 1.82) is 10.8 Å². The fraction of sp³-hybridized carbons (Fsp3) is 0.250. The highest BCUT2D eigenvalue weighted by atomic mass is 16.9. The van der Waals surface area contributed by atoms with Gasteiger partial charge in [0.05, 0.1) is 19.9 Å². The summed E-state index contributed by atoms with van der Waals surface area (Å²) in [6.45, 7) is 0. The third-order valence-corrected chi connectivity index (χ3v) is 1.30. The molecule has 0 unspecified atom stereocenters. The Labute approximate surface area is 76.8 Å².